The van der Waals surface area contributed by atoms with Crippen LogP contribution in [0.3, 0.4) is 0 Å². The maximum absolute atomic E-state index is 11.9. The molecule has 0 heterocycles. The van der Waals surface area contributed by atoms with Gasteiger partial charge in [-0.05, 0) is 35.0 Å². The summed E-state index contributed by atoms with van der Waals surface area (Å²) in [5.74, 6) is 0.815. The summed E-state index contributed by atoms with van der Waals surface area (Å²) in [7, 11) is 4.50. The Morgan fingerprint density at radius 1 is 1.39 bits per heavy atom. The van der Waals surface area contributed by atoms with Gasteiger partial charge in [-0.2, -0.15) is 0 Å². The third-order valence-corrected chi connectivity index (χ3v) is 2.91. The van der Waals surface area contributed by atoms with Crippen molar-refractivity contribution in [2.24, 2.45) is 0 Å². The average Bonchev–Trinajstić information content (AvgIpc) is 2.39. The van der Waals surface area contributed by atoms with Gasteiger partial charge in [0.25, 0.3) is 5.91 Å². The normalized spacial score (nSPS) is 10.1. The fourth-order valence-electron chi connectivity index (χ4n) is 1.39. The molecular weight excluding hydrogens is 302 g/mol. The third-order valence-electron chi connectivity index (χ3n) is 2.32. The average molecular weight is 318 g/mol. The van der Waals surface area contributed by atoms with Gasteiger partial charge >= 0.3 is 0 Å². The first kappa shape index (κ1) is 14.8. The lowest BCUT2D eigenvalue weighted by Gasteiger charge is -2.16. The van der Waals surface area contributed by atoms with Crippen LogP contribution in [-0.4, -0.2) is 38.8 Å². The molecule has 100 valence electrons. The van der Waals surface area contributed by atoms with E-state index < -0.39 is 0 Å². The Labute approximate surface area is 115 Å². The van der Waals surface area contributed by atoms with Crippen molar-refractivity contribution in [2.75, 3.05) is 27.9 Å². The van der Waals surface area contributed by atoms with E-state index in [-0.39, 0.29) is 5.91 Å². The zero-order valence-electron chi connectivity index (χ0n) is 10.8. The monoisotopic (exact) mass is 317 g/mol. The van der Waals surface area contributed by atoms with E-state index in [1.54, 1.807) is 19.2 Å². The van der Waals surface area contributed by atoms with Crippen LogP contribution < -0.4 is 9.47 Å². The van der Waals surface area contributed by atoms with Gasteiger partial charge in [-0.1, -0.05) is 0 Å². The number of halogens is 1. The Hall–Kier alpha value is -1.27. The Morgan fingerprint density at radius 2 is 2.06 bits per heavy atom. The molecule has 0 fully saturated rings. The minimum atomic E-state index is -0.264. The maximum atomic E-state index is 11.9. The van der Waals surface area contributed by atoms with E-state index in [9.17, 15) is 4.79 Å². The van der Waals surface area contributed by atoms with Crippen LogP contribution in [0, 0.1) is 0 Å². The minimum absolute atomic E-state index is 0.264. The van der Waals surface area contributed by atoms with Crippen LogP contribution >= 0.6 is 15.9 Å². The standard InChI is InChI=1S/C12H16BrNO4/c1-5-18-11-9(13)6-8(7-10(11)16-3)12(15)14(2)17-4/h6-7H,5H2,1-4H3. The van der Waals surface area contributed by atoms with Gasteiger partial charge in [0.15, 0.2) is 11.5 Å². The van der Waals surface area contributed by atoms with Gasteiger partial charge in [0.1, 0.15) is 0 Å². The van der Waals surface area contributed by atoms with Crippen molar-refractivity contribution in [2.45, 2.75) is 6.92 Å². The number of ether oxygens (including phenoxy) is 2. The van der Waals surface area contributed by atoms with Crippen molar-refractivity contribution in [3.63, 3.8) is 0 Å². The smallest absolute Gasteiger partial charge is 0.277 e. The van der Waals surface area contributed by atoms with Crippen LogP contribution in [-0.2, 0) is 4.84 Å². The number of hydroxylamine groups is 2. The zero-order valence-corrected chi connectivity index (χ0v) is 12.4. The molecule has 0 spiro atoms. The predicted molar refractivity (Wildman–Crippen MR) is 71.0 cm³/mol. The fraction of sp³-hybridized carbons (Fsp3) is 0.417. The van der Waals surface area contributed by atoms with E-state index in [4.69, 9.17) is 14.3 Å². The summed E-state index contributed by atoms with van der Waals surface area (Å²) in [6, 6.07) is 3.29. The van der Waals surface area contributed by atoms with Crippen molar-refractivity contribution in [3.8, 4) is 11.5 Å². The topological polar surface area (TPSA) is 48.0 Å². The Morgan fingerprint density at radius 3 is 2.56 bits per heavy atom. The van der Waals surface area contributed by atoms with Crippen LogP contribution in [0.25, 0.3) is 0 Å². The maximum Gasteiger partial charge on any atom is 0.277 e. The number of carbonyl (C=O) groups excluding carboxylic acids is 1. The number of methoxy groups -OCH3 is 1. The highest BCUT2D eigenvalue weighted by molar-refractivity contribution is 9.10. The van der Waals surface area contributed by atoms with E-state index in [1.807, 2.05) is 6.92 Å². The zero-order chi connectivity index (χ0) is 13.7. The summed E-state index contributed by atoms with van der Waals surface area (Å²) in [5.41, 5.74) is 0.450. The SMILES string of the molecule is CCOc1c(Br)cc(C(=O)N(C)OC)cc1OC. The number of carbonyl (C=O) groups is 1. The van der Waals surface area contributed by atoms with Crippen LogP contribution in [0.1, 0.15) is 17.3 Å². The summed E-state index contributed by atoms with van der Waals surface area (Å²) >= 11 is 3.36. The predicted octanol–water partition coefficient (Wildman–Crippen LogP) is 2.49. The number of nitrogens with zero attached hydrogens (tertiary/aromatic N) is 1. The second kappa shape index (κ2) is 6.61. The molecule has 0 aliphatic rings. The third kappa shape index (κ3) is 3.14. The van der Waals surface area contributed by atoms with Crippen molar-refractivity contribution >= 4 is 21.8 Å². The molecule has 0 unspecified atom stereocenters. The second-order valence-electron chi connectivity index (χ2n) is 3.41. The summed E-state index contributed by atoms with van der Waals surface area (Å²) in [6.07, 6.45) is 0. The number of hydrogen-bond donors (Lipinski definition) is 0. The van der Waals surface area contributed by atoms with E-state index in [0.29, 0.717) is 28.1 Å². The second-order valence-corrected chi connectivity index (χ2v) is 4.26. The molecule has 0 aromatic heterocycles. The van der Waals surface area contributed by atoms with Gasteiger partial charge in [0.05, 0.1) is 25.3 Å². The molecule has 0 saturated heterocycles. The van der Waals surface area contributed by atoms with Gasteiger partial charge in [0, 0.05) is 12.6 Å². The molecule has 0 bridgehead atoms. The molecule has 0 N–H and O–H groups in total. The summed E-state index contributed by atoms with van der Waals surface area (Å²) in [4.78, 5) is 16.8. The molecule has 6 heteroatoms. The molecule has 1 aromatic carbocycles. The van der Waals surface area contributed by atoms with Crippen molar-refractivity contribution in [1.82, 2.24) is 5.06 Å². The van der Waals surface area contributed by atoms with Crippen LogP contribution in [0.5, 0.6) is 11.5 Å². The Balaban J connectivity index is 3.18. The molecular formula is C12H16BrNO4. The molecule has 1 rings (SSSR count). The molecule has 5 nitrogen and oxygen atoms in total. The molecule has 18 heavy (non-hydrogen) atoms. The van der Waals surface area contributed by atoms with E-state index in [0.717, 1.165) is 5.06 Å². The van der Waals surface area contributed by atoms with Crippen molar-refractivity contribution in [3.05, 3.63) is 22.2 Å². The lowest BCUT2D eigenvalue weighted by molar-refractivity contribution is -0.0757. The summed E-state index contributed by atoms with van der Waals surface area (Å²) in [6.45, 7) is 2.39. The summed E-state index contributed by atoms with van der Waals surface area (Å²) in [5, 5.41) is 1.14. The van der Waals surface area contributed by atoms with E-state index in [2.05, 4.69) is 15.9 Å². The van der Waals surface area contributed by atoms with Crippen molar-refractivity contribution < 1.29 is 19.1 Å². The van der Waals surface area contributed by atoms with Crippen LogP contribution in [0.2, 0.25) is 0 Å². The fourth-order valence-corrected chi connectivity index (χ4v) is 1.95. The molecule has 0 radical (unpaired) electrons. The quantitative estimate of drug-likeness (QED) is 0.783. The van der Waals surface area contributed by atoms with Crippen LogP contribution in [0.4, 0.5) is 0 Å². The summed E-state index contributed by atoms with van der Waals surface area (Å²) < 4.78 is 11.3. The number of amides is 1. The van der Waals surface area contributed by atoms with Gasteiger partial charge in [-0.3, -0.25) is 9.63 Å². The van der Waals surface area contributed by atoms with Gasteiger partial charge in [0.2, 0.25) is 0 Å². The minimum Gasteiger partial charge on any atom is -0.493 e. The van der Waals surface area contributed by atoms with Crippen molar-refractivity contribution in [1.29, 1.82) is 0 Å². The lowest BCUT2D eigenvalue weighted by atomic mass is 10.2. The largest absolute Gasteiger partial charge is 0.493 e. The molecule has 1 aromatic rings. The first-order chi connectivity index (χ1) is 8.54. The Bertz CT molecular complexity index is 436. The van der Waals surface area contributed by atoms with Gasteiger partial charge in [-0.15, -0.1) is 0 Å². The molecule has 0 aliphatic carbocycles. The molecule has 0 aliphatic heterocycles. The highest BCUT2D eigenvalue weighted by Gasteiger charge is 2.17. The lowest BCUT2D eigenvalue weighted by Crippen LogP contribution is -2.25. The number of rotatable bonds is 5. The molecule has 0 atom stereocenters. The van der Waals surface area contributed by atoms with Gasteiger partial charge in [-0.25, -0.2) is 5.06 Å². The van der Waals surface area contributed by atoms with E-state index in [1.165, 1.54) is 14.2 Å². The van der Waals surface area contributed by atoms with E-state index >= 15 is 0 Å². The molecule has 1 amide bonds. The highest BCUT2D eigenvalue weighted by Crippen LogP contribution is 2.36. The Kier molecular flexibility index (Phi) is 5.43. The molecule has 0 saturated carbocycles. The first-order valence-electron chi connectivity index (χ1n) is 5.37. The number of hydrogen-bond acceptors (Lipinski definition) is 4. The van der Waals surface area contributed by atoms with Gasteiger partial charge < -0.3 is 9.47 Å². The first-order valence-corrected chi connectivity index (χ1v) is 6.16. The highest BCUT2D eigenvalue weighted by atomic mass is 79.9. The van der Waals surface area contributed by atoms with Crippen LogP contribution in [0.15, 0.2) is 16.6 Å². The number of benzene rings is 1.